The smallest absolute Gasteiger partial charge is 0.264 e. The van der Waals surface area contributed by atoms with Crippen LogP contribution in [0, 0.1) is 15.9 Å². The van der Waals surface area contributed by atoms with E-state index in [1.165, 1.54) is 0 Å². The Bertz CT molecular complexity index is 436. The molecule has 0 radical (unpaired) electrons. The van der Waals surface area contributed by atoms with Crippen LogP contribution in [0.1, 0.15) is 37.7 Å². The highest BCUT2D eigenvalue weighted by molar-refractivity contribution is 14.1. The second kappa shape index (κ2) is 3.05. The van der Waals surface area contributed by atoms with Crippen molar-refractivity contribution < 1.29 is 0 Å². The van der Waals surface area contributed by atoms with Gasteiger partial charge in [0.25, 0.3) is 5.56 Å². The van der Waals surface area contributed by atoms with Crippen LogP contribution in [-0.2, 0) is 0 Å². The van der Waals surface area contributed by atoms with E-state index in [-0.39, 0.29) is 5.56 Å². The Kier molecular flexibility index (Phi) is 2.21. The lowest BCUT2D eigenvalue weighted by atomic mass is 10.1. The molecule has 1 aromatic heterocycles. The van der Waals surface area contributed by atoms with Crippen molar-refractivity contribution in [2.24, 2.45) is 5.41 Å². The number of aryl methyl sites for hydroxylation is 1. The number of nitrogens with one attached hydrogen (secondary N) is 1. The molecule has 4 heteroatoms. The molecule has 2 rings (SSSR count). The summed E-state index contributed by atoms with van der Waals surface area (Å²) >= 11 is 2.03. The molecule has 14 heavy (non-hydrogen) atoms. The molecule has 0 aromatic carbocycles. The van der Waals surface area contributed by atoms with E-state index < -0.39 is 0 Å². The van der Waals surface area contributed by atoms with Gasteiger partial charge in [-0.05, 0) is 41.4 Å². The summed E-state index contributed by atoms with van der Waals surface area (Å²) in [7, 11) is 0. The van der Waals surface area contributed by atoms with Gasteiger partial charge in [0.15, 0.2) is 0 Å². The summed E-state index contributed by atoms with van der Waals surface area (Å²) in [4.78, 5) is 18.8. The largest absolute Gasteiger partial charge is 0.309 e. The monoisotopic (exact) mass is 304 g/mol. The van der Waals surface area contributed by atoms with Crippen LogP contribution in [0.5, 0.6) is 0 Å². The molecule has 1 fully saturated rings. The molecule has 1 heterocycles. The van der Waals surface area contributed by atoms with E-state index >= 15 is 0 Å². The molecule has 1 saturated carbocycles. The third kappa shape index (κ3) is 1.60. The Labute approximate surface area is 96.5 Å². The zero-order valence-electron chi connectivity index (χ0n) is 8.52. The van der Waals surface area contributed by atoms with Gasteiger partial charge in [-0.15, -0.1) is 0 Å². The number of aromatic nitrogens is 2. The summed E-state index contributed by atoms with van der Waals surface area (Å²) in [6.07, 6.45) is 1.12. The van der Waals surface area contributed by atoms with Crippen LogP contribution >= 0.6 is 22.6 Å². The Morgan fingerprint density at radius 2 is 2.14 bits per heavy atom. The molecule has 1 atom stereocenters. The van der Waals surface area contributed by atoms with E-state index in [2.05, 4.69) is 23.8 Å². The third-order valence-electron chi connectivity index (χ3n) is 2.89. The van der Waals surface area contributed by atoms with Crippen molar-refractivity contribution in [1.29, 1.82) is 0 Å². The molecule has 1 aromatic rings. The van der Waals surface area contributed by atoms with Crippen molar-refractivity contribution >= 4 is 22.6 Å². The van der Waals surface area contributed by atoms with Gasteiger partial charge >= 0.3 is 0 Å². The van der Waals surface area contributed by atoms with Crippen LogP contribution in [0.3, 0.4) is 0 Å². The van der Waals surface area contributed by atoms with Gasteiger partial charge in [0, 0.05) is 5.92 Å². The van der Waals surface area contributed by atoms with Crippen molar-refractivity contribution in [2.45, 2.75) is 33.1 Å². The quantitative estimate of drug-likeness (QED) is 0.809. The van der Waals surface area contributed by atoms with E-state index in [1.54, 1.807) is 0 Å². The first-order valence-corrected chi connectivity index (χ1v) is 5.76. The fourth-order valence-corrected chi connectivity index (χ4v) is 1.95. The van der Waals surface area contributed by atoms with Crippen molar-refractivity contribution in [3.05, 3.63) is 25.4 Å². The summed E-state index contributed by atoms with van der Waals surface area (Å²) in [5, 5.41) is 0. The maximum Gasteiger partial charge on any atom is 0.264 e. The maximum absolute atomic E-state index is 11.5. The highest BCUT2D eigenvalue weighted by Gasteiger charge is 2.48. The average Bonchev–Trinajstić information content (AvgIpc) is 2.70. The van der Waals surface area contributed by atoms with Crippen molar-refractivity contribution in [3.63, 3.8) is 0 Å². The van der Waals surface area contributed by atoms with Gasteiger partial charge in [0.2, 0.25) is 0 Å². The summed E-state index contributed by atoms with van der Waals surface area (Å²) in [6.45, 7) is 6.28. The van der Waals surface area contributed by atoms with Crippen molar-refractivity contribution in [3.8, 4) is 0 Å². The summed E-state index contributed by atoms with van der Waals surface area (Å²) < 4.78 is 0.699. The minimum atomic E-state index is -0.00389. The van der Waals surface area contributed by atoms with Crippen LogP contribution in [-0.4, -0.2) is 9.97 Å². The minimum absolute atomic E-state index is 0.00389. The zero-order valence-corrected chi connectivity index (χ0v) is 10.7. The molecule has 1 aliphatic rings. The first kappa shape index (κ1) is 10.1. The number of halogens is 1. The molecule has 1 unspecified atom stereocenters. The lowest BCUT2D eigenvalue weighted by molar-refractivity contribution is 0.606. The molecule has 0 aliphatic heterocycles. The Balaban J connectivity index is 2.43. The lowest BCUT2D eigenvalue weighted by Crippen LogP contribution is -2.16. The van der Waals surface area contributed by atoms with Gasteiger partial charge < -0.3 is 4.98 Å². The highest BCUT2D eigenvalue weighted by Crippen LogP contribution is 2.57. The van der Waals surface area contributed by atoms with E-state index in [0.29, 0.717) is 14.9 Å². The molecule has 1 aliphatic carbocycles. The Morgan fingerprint density at radius 1 is 1.57 bits per heavy atom. The van der Waals surface area contributed by atoms with Crippen molar-refractivity contribution in [2.75, 3.05) is 0 Å². The highest BCUT2D eigenvalue weighted by atomic mass is 127. The molecular formula is C10H13IN2O. The number of hydrogen-bond acceptors (Lipinski definition) is 2. The van der Waals surface area contributed by atoms with E-state index in [9.17, 15) is 4.79 Å². The Hall–Kier alpha value is -0.390. The summed E-state index contributed by atoms with van der Waals surface area (Å²) in [5.74, 6) is 1.30. The predicted octanol–water partition coefficient (Wildman–Crippen LogP) is 2.20. The van der Waals surface area contributed by atoms with Gasteiger partial charge in [-0.1, -0.05) is 13.8 Å². The molecule has 0 amide bonds. The molecule has 0 saturated heterocycles. The second-order valence-electron chi connectivity index (χ2n) is 4.60. The van der Waals surface area contributed by atoms with Crippen LogP contribution in [0.25, 0.3) is 0 Å². The summed E-state index contributed by atoms with van der Waals surface area (Å²) in [6, 6.07) is 0. The van der Waals surface area contributed by atoms with Gasteiger partial charge in [-0.3, -0.25) is 4.79 Å². The fourth-order valence-electron chi connectivity index (χ4n) is 1.69. The van der Waals surface area contributed by atoms with Gasteiger partial charge in [0.05, 0.1) is 9.26 Å². The standard InChI is InChI=1S/C10H13IN2O/c1-5-7(11)9(14)13-8(12-5)6-4-10(6,2)3/h6H,4H2,1-3H3,(H,12,13,14). The molecule has 0 spiro atoms. The van der Waals surface area contributed by atoms with Crippen LogP contribution < -0.4 is 5.56 Å². The third-order valence-corrected chi connectivity index (χ3v) is 4.16. The van der Waals surface area contributed by atoms with E-state index in [0.717, 1.165) is 17.9 Å². The molecule has 1 N–H and O–H groups in total. The minimum Gasteiger partial charge on any atom is -0.309 e. The maximum atomic E-state index is 11.5. The number of hydrogen-bond donors (Lipinski definition) is 1. The first-order valence-electron chi connectivity index (χ1n) is 4.68. The zero-order chi connectivity index (χ0) is 10.5. The normalized spacial score (nSPS) is 23.6. The van der Waals surface area contributed by atoms with Gasteiger partial charge in [0.1, 0.15) is 5.82 Å². The van der Waals surface area contributed by atoms with Gasteiger partial charge in [-0.2, -0.15) is 0 Å². The molecule has 76 valence electrons. The van der Waals surface area contributed by atoms with Gasteiger partial charge in [-0.25, -0.2) is 4.98 Å². The number of nitrogens with zero attached hydrogens (tertiary/aromatic N) is 1. The van der Waals surface area contributed by atoms with E-state index in [1.807, 2.05) is 29.5 Å². The lowest BCUT2D eigenvalue weighted by Gasteiger charge is -2.04. The first-order chi connectivity index (χ1) is 6.42. The van der Waals surface area contributed by atoms with Crippen LogP contribution in [0.15, 0.2) is 4.79 Å². The fraction of sp³-hybridized carbons (Fsp3) is 0.600. The number of rotatable bonds is 1. The number of aromatic amines is 1. The molecule has 0 bridgehead atoms. The Morgan fingerprint density at radius 3 is 2.57 bits per heavy atom. The van der Waals surface area contributed by atoms with Crippen LogP contribution in [0.2, 0.25) is 0 Å². The number of H-pyrrole nitrogens is 1. The second-order valence-corrected chi connectivity index (χ2v) is 5.67. The molecule has 3 nitrogen and oxygen atoms in total. The molecular weight excluding hydrogens is 291 g/mol. The topological polar surface area (TPSA) is 45.8 Å². The average molecular weight is 304 g/mol. The van der Waals surface area contributed by atoms with Crippen molar-refractivity contribution in [1.82, 2.24) is 9.97 Å². The van der Waals surface area contributed by atoms with Crippen LogP contribution in [0.4, 0.5) is 0 Å². The predicted molar refractivity (Wildman–Crippen MR) is 63.5 cm³/mol. The summed E-state index contributed by atoms with van der Waals surface area (Å²) in [5.41, 5.74) is 1.15. The SMILES string of the molecule is Cc1nc(C2CC2(C)C)[nH]c(=O)c1I. The van der Waals surface area contributed by atoms with E-state index in [4.69, 9.17) is 0 Å².